The van der Waals surface area contributed by atoms with Gasteiger partial charge in [0, 0.05) is 31.2 Å². The summed E-state index contributed by atoms with van der Waals surface area (Å²) in [6.07, 6.45) is -3.96. The molecule has 0 saturated carbocycles. The Kier molecular flexibility index (Phi) is 7.42. The van der Waals surface area contributed by atoms with E-state index in [0.717, 1.165) is 17.7 Å². The van der Waals surface area contributed by atoms with Crippen molar-refractivity contribution in [2.24, 2.45) is 0 Å². The molecule has 4 rings (SSSR count). The minimum Gasteiger partial charge on any atom is -0.338 e. The molecule has 0 bridgehead atoms. The first-order chi connectivity index (χ1) is 17.2. The van der Waals surface area contributed by atoms with E-state index < -0.39 is 11.7 Å². The average molecular weight is 501 g/mol. The second kappa shape index (κ2) is 10.5. The van der Waals surface area contributed by atoms with Crippen molar-refractivity contribution < 1.29 is 27.3 Å². The van der Waals surface area contributed by atoms with E-state index in [1.807, 2.05) is 49.1 Å². The van der Waals surface area contributed by atoms with Crippen molar-refractivity contribution in [1.29, 1.82) is 0 Å². The maximum Gasteiger partial charge on any atom is 0.416 e. The van der Waals surface area contributed by atoms with E-state index in [1.165, 1.54) is 12.1 Å². The van der Waals surface area contributed by atoms with Crippen LogP contribution >= 0.6 is 0 Å². The smallest absolute Gasteiger partial charge is 0.338 e. The molecule has 36 heavy (non-hydrogen) atoms. The predicted molar refractivity (Wildman–Crippen MR) is 126 cm³/mol. The Morgan fingerprint density at radius 3 is 2.53 bits per heavy atom. The minimum absolute atomic E-state index is 0.0483. The van der Waals surface area contributed by atoms with Gasteiger partial charge < -0.3 is 14.3 Å². The van der Waals surface area contributed by atoms with Gasteiger partial charge in [-0.2, -0.15) is 18.2 Å². The molecule has 2 amide bonds. The number of piperazine rings is 1. The summed E-state index contributed by atoms with van der Waals surface area (Å²) in [7, 11) is 0. The molecule has 2 unspecified atom stereocenters. The van der Waals surface area contributed by atoms with Crippen molar-refractivity contribution in [3.05, 3.63) is 71.5 Å². The highest BCUT2D eigenvalue weighted by Gasteiger charge is 2.34. The fraction of sp³-hybridized carbons (Fsp3) is 0.385. The van der Waals surface area contributed by atoms with E-state index in [2.05, 4.69) is 10.1 Å². The number of alkyl halides is 3. The summed E-state index contributed by atoms with van der Waals surface area (Å²) in [6, 6.07) is 14.1. The van der Waals surface area contributed by atoms with E-state index in [4.69, 9.17) is 4.52 Å². The molecular weight excluding hydrogens is 473 g/mol. The summed E-state index contributed by atoms with van der Waals surface area (Å²) < 4.78 is 44.1. The van der Waals surface area contributed by atoms with Gasteiger partial charge in [-0.1, -0.05) is 48.5 Å². The maximum atomic E-state index is 13.3. The Morgan fingerprint density at radius 1 is 1.11 bits per heavy atom. The maximum absolute atomic E-state index is 13.3. The van der Waals surface area contributed by atoms with Crippen molar-refractivity contribution in [2.45, 2.75) is 44.8 Å². The second-order valence-electron chi connectivity index (χ2n) is 8.86. The van der Waals surface area contributed by atoms with Crippen molar-refractivity contribution in [3.8, 4) is 11.5 Å². The van der Waals surface area contributed by atoms with E-state index in [-0.39, 0.29) is 47.5 Å². The van der Waals surface area contributed by atoms with Gasteiger partial charge in [-0.05, 0) is 37.1 Å². The Balaban J connectivity index is 1.37. The zero-order valence-corrected chi connectivity index (χ0v) is 20.0. The standard InChI is InChI=1S/C26H27F3N4O3/c1-3-21(18-8-5-4-6-9-18)25(35)33-13-12-32(16-17(33)2)23(34)15-22-30-24(36-31-22)19-10-7-11-20(14-19)26(27,28)29/h4-11,14,17,21H,3,12-13,15-16H2,1-2H3. The lowest BCUT2D eigenvalue weighted by atomic mass is 9.94. The number of amides is 2. The van der Waals surface area contributed by atoms with E-state index in [9.17, 15) is 22.8 Å². The molecule has 0 radical (unpaired) electrons. The molecule has 1 aromatic heterocycles. The van der Waals surface area contributed by atoms with Crippen molar-refractivity contribution >= 4 is 11.8 Å². The molecular formula is C26H27F3N4O3. The Bertz CT molecular complexity index is 1210. The lowest BCUT2D eigenvalue weighted by Crippen LogP contribution is -2.56. The lowest BCUT2D eigenvalue weighted by Gasteiger charge is -2.41. The fourth-order valence-corrected chi connectivity index (χ4v) is 4.47. The molecule has 7 nitrogen and oxygen atoms in total. The van der Waals surface area contributed by atoms with Gasteiger partial charge in [0.15, 0.2) is 5.82 Å². The van der Waals surface area contributed by atoms with Crippen LogP contribution in [0.5, 0.6) is 0 Å². The number of hydrogen-bond donors (Lipinski definition) is 0. The second-order valence-corrected chi connectivity index (χ2v) is 8.86. The van der Waals surface area contributed by atoms with Crippen molar-refractivity contribution in [2.75, 3.05) is 19.6 Å². The molecule has 0 N–H and O–H groups in total. The summed E-state index contributed by atoms with van der Waals surface area (Å²) in [4.78, 5) is 33.7. The number of carbonyl (C=O) groups excluding carboxylic acids is 2. The lowest BCUT2D eigenvalue weighted by molar-refractivity contribution is -0.143. The van der Waals surface area contributed by atoms with Gasteiger partial charge in [0.2, 0.25) is 11.8 Å². The third-order valence-corrected chi connectivity index (χ3v) is 6.39. The zero-order chi connectivity index (χ0) is 25.9. The molecule has 2 aromatic carbocycles. The van der Waals surface area contributed by atoms with Crippen LogP contribution in [0.2, 0.25) is 0 Å². The molecule has 3 aromatic rings. The summed E-state index contributed by atoms with van der Waals surface area (Å²) in [5.41, 5.74) is 0.278. The van der Waals surface area contributed by atoms with Crippen LogP contribution in [-0.2, 0) is 22.2 Å². The van der Waals surface area contributed by atoms with Crippen LogP contribution in [0.15, 0.2) is 59.1 Å². The normalized spacial score (nSPS) is 17.2. The van der Waals surface area contributed by atoms with Crippen LogP contribution in [0.4, 0.5) is 13.2 Å². The van der Waals surface area contributed by atoms with E-state index in [0.29, 0.717) is 26.1 Å². The SMILES string of the molecule is CCC(C(=O)N1CCN(C(=O)Cc2noc(-c3cccc(C(F)(F)F)c3)n2)CC1C)c1ccccc1. The van der Waals surface area contributed by atoms with Crippen molar-refractivity contribution in [3.63, 3.8) is 0 Å². The minimum atomic E-state index is -4.49. The van der Waals surface area contributed by atoms with Gasteiger partial charge in [-0.15, -0.1) is 0 Å². The van der Waals surface area contributed by atoms with Crippen LogP contribution < -0.4 is 0 Å². The number of hydrogen-bond acceptors (Lipinski definition) is 5. The molecule has 10 heteroatoms. The van der Waals surface area contributed by atoms with Gasteiger partial charge in [0.25, 0.3) is 5.89 Å². The summed E-state index contributed by atoms with van der Waals surface area (Å²) in [5, 5.41) is 3.77. The highest BCUT2D eigenvalue weighted by molar-refractivity contribution is 5.84. The van der Waals surface area contributed by atoms with Gasteiger partial charge in [0.1, 0.15) is 0 Å². The summed E-state index contributed by atoms with van der Waals surface area (Å²) in [5.74, 6) is -0.412. The first-order valence-corrected chi connectivity index (χ1v) is 11.8. The van der Waals surface area contributed by atoms with Gasteiger partial charge in [0.05, 0.1) is 17.9 Å². The number of aromatic nitrogens is 2. The summed E-state index contributed by atoms with van der Waals surface area (Å²) in [6.45, 7) is 5.05. The highest BCUT2D eigenvalue weighted by atomic mass is 19.4. The third-order valence-electron chi connectivity index (χ3n) is 6.39. The van der Waals surface area contributed by atoms with Crippen LogP contribution in [0.3, 0.4) is 0 Å². The molecule has 2 heterocycles. The predicted octanol–water partition coefficient (Wildman–Crippen LogP) is 4.55. The van der Waals surface area contributed by atoms with Crippen LogP contribution in [0, 0.1) is 0 Å². The number of rotatable bonds is 6. The summed E-state index contributed by atoms with van der Waals surface area (Å²) >= 11 is 0. The topological polar surface area (TPSA) is 79.5 Å². The number of nitrogens with zero attached hydrogens (tertiary/aromatic N) is 4. The molecule has 0 aliphatic carbocycles. The molecule has 0 spiro atoms. The number of carbonyl (C=O) groups is 2. The Labute approximate surface area is 206 Å². The first-order valence-electron chi connectivity index (χ1n) is 11.8. The fourth-order valence-electron chi connectivity index (χ4n) is 4.47. The molecule has 1 saturated heterocycles. The first kappa shape index (κ1) is 25.4. The largest absolute Gasteiger partial charge is 0.416 e. The van der Waals surface area contributed by atoms with Crippen molar-refractivity contribution in [1.82, 2.24) is 19.9 Å². The quantitative estimate of drug-likeness (QED) is 0.496. The van der Waals surface area contributed by atoms with Crippen LogP contribution in [0.1, 0.15) is 43.1 Å². The molecule has 1 aliphatic heterocycles. The van der Waals surface area contributed by atoms with E-state index in [1.54, 1.807) is 4.90 Å². The Morgan fingerprint density at radius 2 is 1.86 bits per heavy atom. The number of halogens is 3. The highest BCUT2D eigenvalue weighted by Crippen LogP contribution is 2.32. The van der Waals surface area contributed by atoms with Gasteiger partial charge >= 0.3 is 6.18 Å². The molecule has 190 valence electrons. The van der Waals surface area contributed by atoms with Gasteiger partial charge in [-0.3, -0.25) is 9.59 Å². The average Bonchev–Trinajstić information content (AvgIpc) is 3.33. The third kappa shape index (κ3) is 5.58. The molecule has 1 fully saturated rings. The molecule has 2 atom stereocenters. The van der Waals surface area contributed by atoms with Crippen LogP contribution in [-0.4, -0.2) is 57.4 Å². The van der Waals surface area contributed by atoms with E-state index >= 15 is 0 Å². The number of benzene rings is 2. The molecule has 1 aliphatic rings. The zero-order valence-electron chi connectivity index (χ0n) is 20.0. The Hall–Kier alpha value is -3.69. The monoisotopic (exact) mass is 500 g/mol. The van der Waals surface area contributed by atoms with Crippen LogP contribution in [0.25, 0.3) is 11.5 Å². The van der Waals surface area contributed by atoms with Gasteiger partial charge in [-0.25, -0.2) is 0 Å².